The maximum atomic E-state index is 13.5. The van der Waals surface area contributed by atoms with E-state index < -0.39 is 12.0 Å². The number of carbonyl (C=O) groups excluding carboxylic acids is 3. The summed E-state index contributed by atoms with van der Waals surface area (Å²) in [6.07, 6.45) is 3.01. The van der Waals surface area contributed by atoms with Crippen molar-refractivity contribution in [2.24, 2.45) is 10.9 Å². The molecule has 0 saturated carbocycles. The van der Waals surface area contributed by atoms with Crippen molar-refractivity contribution in [2.45, 2.75) is 39.2 Å². The molecule has 3 heterocycles. The number of piperidine rings is 1. The highest BCUT2D eigenvalue weighted by Crippen LogP contribution is 2.47. The summed E-state index contributed by atoms with van der Waals surface area (Å²) in [5, 5.41) is 2.53. The fourth-order valence-electron chi connectivity index (χ4n) is 5.10. The molecule has 0 aromatic heterocycles. The van der Waals surface area contributed by atoms with Crippen molar-refractivity contribution in [3.05, 3.63) is 58.8 Å². The molecule has 0 spiro atoms. The minimum Gasteiger partial charge on any atom is -0.497 e. The van der Waals surface area contributed by atoms with Gasteiger partial charge in [0, 0.05) is 30.4 Å². The number of benzene rings is 1. The lowest BCUT2D eigenvalue weighted by Gasteiger charge is -2.37. The molecule has 11 heteroatoms. The van der Waals surface area contributed by atoms with Gasteiger partial charge in [-0.05, 0) is 44.2 Å². The summed E-state index contributed by atoms with van der Waals surface area (Å²) in [6, 6.07) is 4.74. The number of ether oxygens (including phenoxy) is 4. The standard InChI is InChI=1S/C29H35N3O7S/c1-6-13-39-28(35)25-18(3)30-29-32(26(25)22-11-10-21(36-4)15-23(22)37-5)20(17-40-29)14-24(33)31-12-8-9-19(16-31)27(34)38-7-2/h6,10-11,15,17,19,26H,1,7-9,12-14,16H2,2-5H3/t19-,26+/m1/s1. The molecular formula is C29H35N3O7S. The molecule has 1 saturated heterocycles. The number of carbonyl (C=O) groups is 3. The molecule has 3 aliphatic heterocycles. The third-order valence-corrected chi connectivity index (χ3v) is 7.90. The van der Waals surface area contributed by atoms with Gasteiger partial charge in [0.05, 0.1) is 50.5 Å². The molecule has 1 fully saturated rings. The Morgan fingerprint density at radius 3 is 2.70 bits per heavy atom. The van der Waals surface area contributed by atoms with Gasteiger partial charge in [-0.15, -0.1) is 0 Å². The largest absolute Gasteiger partial charge is 0.497 e. The smallest absolute Gasteiger partial charge is 0.338 e. The van der Waals surface area contributed by atoms with Crippen molar-refractivity contribution in [1.29, 1.82) is 0 Å². The molecule has 1 aromatic rings. The molecule has 40 heavy (non-hydrogen) atoms. The number of hydrogen-bond acceptors (Lipinski definition) is 10. The monoisotopic (exact) mass is 569 g/mol. The van der Waals surface area contributed by atoms with E-state index in [1.54, 1.807) is 45.1 Å². The van der Waals surface area contributed by atoms with E-state index in [-0.39, 0.29) is 30.8 Å². The number of allylic oxidation sites excluding steroid dienone is 1. The number of rotatable bonds is 10. The lowest BCUT2D eigenvalue weighted by atomic mass is 9.92. The summed E-state index contributed by atoms with van der Waals surface area (Å²) in [7, 11) is 3.12. The number of esters is 2. The predicted molar refractivity (Wildman–Crippen MR) is 152 cm³/mol. The van der Waals surface area contributed by atoms with Crippen molar-refractivity contribution in [2.75, 3.05) is 40.5 Å². The molecule has 0 unspecified atom stereocenters. The van der Waals surface area contributed by atoms with Gasteiger partial charge in [0.2, 0.25) is 5.91 Å². The van der Waals surface area contributed by atoms with Crippen LogP contribution in [0, 0.1) is 5.92 Å². The van der Waals surface area contributed by atoms with Crippen LogP contribution in [0.3, 0.4) is 0 Å². The molecule has 3 aliphatic rings. The molecule has 1 aromatic carbocycles. The van der Waals surface area contributed by atoms with Gasteiger partial charge in [0.25, 0.3) is 0 Å². The maximum absolute atomic E-state index is 13.5. The molecule has 10 nitrogen and oxygen atoms in total. The average Bonchev–Trinajstić information content (AvgIpc) is 3.36. The summed E-state index contributed by atoms with van der Waals surface area (Å²) in [5.74, 6) is -0.113. The fourth-order valence-corrected chi connectivity index (χ4v) is 6.07. The minimum atomic E-state index is -0.659. The van der Waals surface area contributed by atoms with E-state index in [1.807, 2.05) is 16.4 Å². The Bertz CT molecular complexity index is 1270. The summed E-state index contributed by atoms with van der Waals surface area (Å²) in [6.45, 7) is 8.44. The predicted octanol–water partition coefficient (Wildman–Crippen LogP) is 4.20. The summed E-state index contributed by atoms with van der Waals surface area (Å²) in [4.78, 5) is 47.5. The summed E-state index contributed by atoms with van der Waals surface area (Å²) < 4.78 is 21.8. The Kier molecular flexibility index (Phi) is 9.57. The normalized spacial score (nSPS) is 20.3. The Morgan fingerprint density at radius 1 is 1.20 bits per heavy atom. The molecule has 2 atom stereocenters. The Morgan fingerprint density at radius 2 is 2.00 bits per heavy atom. The number of hydrogen-bond donors (Lipinski definition) is 0. The SMILES string of the molecule is C=CCOC(=O)C1=C(C)N=C2SC=C(CC(=O)N3CCC[C@@H](C(=O)OCC)C3)N2[C@H]1c1ccc(OC)cc1OC. The van der Waals surface area contributed by atoms with Crippen LogP contribution in [-0.2, 0) is 23.9 Å². The van der Waals surface area contributed by atoms with Gasteiger partial charge in [-0.2, -0.15) is 0 Å². The van der Waals surface area contributed by atoms with Gasteiger partial charge < -0.3 is 28.7 Å². The average molecular weight is 570 g/mol. The highest BCUT2D eigenvalue weighted by atomic mass is 32.2. The lowest BCUT2D eigenvalue weighted by Crippen LogP contribution is -2.44. The van der Waals surface area contributed by atoms with Crippen LogP contribution in [0.4, 0.5) is 0 Å². The van der Waals surface area contributed by atoms with Crippen molar-refractivity contribution >= 4 is 34.8 Å². The van der Waals surface area contributed by atoms with Crippen LogP contribution in [0.15, 0.2) is 58.2 Å². The summed E-state index contributed by atoms with van der Waals surface area (Å²) in [5.41, 5.74) is 2.25. The van der Waals surface area contributed by atoms with E-state index in [2.05, 4.69) is 6.58 Å². The molecule has 4 rings (SSSR count). The number of thioether (sulfide) groups is 1. The quantitative estimate of drug-likeness (QED) is 0.303. The number of methoxy groups -OCH3 is 2. The first-order chi connectivity index (χ1) is 19.3. The molecule has 214 valence electrons. The van der Waals surface area contributed by atoms with Crippen LogP contribution >= 0.6 is 11.8 Å². The Labute approximate surface area is 238 Å². The molecular weight excluding hydrogens is 534 g/mol. The van der Waals surface area contributed by atoms with Crippen molar-refractivity contribution in [3.8, 4) is 11.5 Å². The van der Waals surface area contributed by atoms with E-state index >= 15 is 0 Å². The van der Waals surface area contributed by atoms with E-state index in [9.17, 15) is 14.4 Å². The van der Waals surface area contributed by atoms with E-state index in [0.717, 1.165) is 6.42 Å². The zero-order valence-electron chi connectivity index (χ0n) is 23.3. The number of amidine groups is 1. The van der Waals surface area contributed by atoms with Gasteiger partial charge in [-0.1, -0.05) is 24.4 Å². The van der Waals surface area contributed by atoms with E-state index in [0.29, 0.717) is 65.3 Å². The number of amides is 1. The maximum Gasteiger partial charge on any atom is 0.338 e. The molecule has 0 N–H and O–H groups in total. The Balaban J connectivity index is 1.67. The third-order valence-electron chi connectivity index (χ3n) is 7.01. The van der Waals surface area contributed by atoms with Crippen LogP contribution in [-0.4, -0.2) is 73.3 Å². The van der Waals surface area contributed by atoms with Crippen LogP contribution in [0.1, 0.15) is 44.7 Å². The van der Waals surface area contributed by atoms with E-state index in [4.69, 9.17) is 23.9 Å². The molecule has 0 aliphatic carbocycles. The third kappa shape index (κ3) is 6.04. The minimum absolute atomic E-state index is 0.0468. The highest BCUT2D eigenvalue weighted by Gasteiger charge is 2.43. The molecule has 0 radical (unpaired) electrons. The van der Waals surface area contributed by atoms with Crippen molar-refractivity contribution < 1.29 is 33.3 Å². The van der Waals surface area contributed by atoms with Gasteiger partial charge >= 0.3 is 11.9 Å². The van der Waals surface area contributed by atoms with Gasteiger partial charge in [-0.25, -0.2) is 9.79 Å². The fraction of sp³-hybridized carbons (Fsp3) is 0.448. The highest BCUT2D eigenvalue weighted by molar-refractivity contribution is 8.16. The van der Waals surface area contributed by atoms with E-state index in [1.165, 1.54) is 17.8 Å². The lowest BCUT2D eigenvalue weighted by molar-refractivity contribution is -0.151. The zero-order valence-corrected chi connectivity index (χ0v) is 24.1. The van der Waals surface area contributed by atoms with Crippen LogP contribution in [0.2, 0.25) is 0 Å². The topological polar surface area (TPSA) is 107 Å². The van der Waals surface area contributed by atoms with Gasteiger partial charge in [0.1, 0.15) is 18.1 Å². The van der Waals surface area contributed by atoms with Gasteiger partial charge in [0.15, 0.2) is 5.17 Å². The van der Waals surface area contributed by atoms with Gasteiger partial charge in [-0.3, -0.25) is 9.59 Å². The first-order valence-corrected chi connectivity index (χ1v) is 14.1. The van der Waals surface area contributed by atoms with Crippen LogP contribution in [0.5, 0.6) is 11.5 Å². The number of likely N-dealkylation sites (tertiary alicyclic amines) is 1. The zero-order chi connectivity index (χ0) is 28.8. The second-order valence-corrected chi connectivity index (χ2v) is 10.3. The van der Waals surface area contributed by atoms with Crippen molar-refractivity contribution in [3.63, 3.8) is 0 Å². The summed E-state index contributed by atoms with van der Waals surface area (Å²) >= 11 is 1.39. The second-order valence-electron chi connectivity index (χ2n) is 9.50. The second kappa shape index (κ2) is 13.1. The first kappa shape index (κ1) is 29.3. The number of nitrogens with zero attached hydrogens (tertiary/aromatic N) is 3. The number of fused-ring (bicyclic) bond motifs is 1. The van der Waals surface area contributed by atoms with Crippen LogP contribution < -0.4 is 9.47 Å². The molecule has 0 bridgehead atoms. The van der Waals surface area contributed by atoms with Crippen molar-refractivity contribution in [1.82, 2.24) is 9.80 Å². The number of aliphatic imine (C=N–C) groups is 1. The molecule has 1 amide bonds. The van der Waals surface area contributed by atoms with Crippen LogP contribution in [0.25, 0.3) is 0 Å². The Hall–Kier alpha value is -3.73. The first-order valence-electron chi connectivity index (χ1n) is 13.2.